The molecule has 1 atom stereocenters. The molecule has 0 unspecified atom stereocenters. The zero-order chi connectivity index (χ0) is 17.9. The van der Waals surface area contributed by atoms with Crippen LogP contribution in [0, 0.1) is 0 Å². The molecule has 7 nitrogen and oxygen atoms in total. The topological polar surface area (TPSA) is 76.0 Å². The molecule has 1 fully saturated rings. The van der Waals surface area contributed by atoms with E-state index >= 15 is 0 Å². The summed E-state index contributed by atoms with van der Waals surface area (Å²) in [5.74, 6) is 0.289. The number of hydrogen-bond donors (Lipinski definition) is 1. The lowest BCUT2D eigenvalue weighted by Crippen LogP contribution is -2.50. The predicted octanol–water partition coefficient (Wildman–Crippen LogP) is 0.939. The SMILES string of the molecule is O=C1Nc2ccccc2O[C@@H]1CC(=O)N1CCN(c2cc[nH+]cc2)CC1. The maximum atomic E-state index is 12.6. The van der Waals surface area contributed by atoms with Crippen LogP contribution >= 0.6 is 0 Å². The molecule has 7 heteroatoms. The fraction of sp³-hybridized carbons (Fsp3) is 0.316. The molecule has 0 aliphatic carbocycles. The third-order valence-corrected chi connectivity index (χ3v) is 4.76. The summed E-state index contributed by atoms with van der Waals surface area (Å²) < 4.78 is 5.72. The average molecular weight is 353 g/mol. The number of amides is 2. The van der Waals surface area contributed by atoms with E-state index in [2.05, 4.69) is 15.2 Å². The molecule has 4 rings (SSSR count). The van der Waals surface area contributed by atoms with Crippen LogP contribution in [0.2, 0.25) is 0 Å². The number of rotatable bonds is 3. The zero-order valence-electron chi connectivity index (χ0n) is 14.4. The highest BCUT2D eigenvalue weighted by molar-refractivity contribution is 5.99. The van der Waals surface area contributed by atoms with Gasteiger partial charge in [-0.3, -0.25) is 9.59 Å². The van der Waals surface area contributed by atoms with Crippen LogP contribution < -0.4 is 19.9 Å². The molecule has 26 heavy (non-hydrogen) atoms. The van der Waals surface area contributed by atoms with Gasteiger partial charge in [-0.15, -0.1) is 0 Å². The number of anilines is 2. The second kappa shape index (κ2) is 7.03. The summed E-state index contributed by atoms with van der Waals surface area (Å²) in [6, 6.07) is 11.3. The summed E-state index contributed by atoms with van der Waals surface area (Å²) in [6.07, 6.45) is 3.06. The second-order valence-electron chi connectivity index (χ2n) is 6.42. The Morgan fingerprint density at radius 3 is 2.62 bits per heavy atom. The highest BCUT2D eigenvalue weighted by Gasteiger charge is 2.32. The number of nitrogens with one attached hydrogen (secondary N) is 2. The Labute approximate surface area is 151 Å². The van der Waals surface area contributed by atoms with E-state index in [-0.39, 0.29) is 18.2 Å². The first kappa shape index (κ1) is 16.4. The predicted molar refractivity (Wildman–Crippen MR) is 95.9 cm³/mol. The van der Waals surface area contributed by atoms with Crippen molar-refractivity contribution in [1.29, 1.82) is 0 Å². The number of ether oxygens (including phenoxy) is 1. The molecule has 0 spiro atoms. The van der Waals surface area contributed by atoms with Crippen molar-refractivity contribution in [3.63, 3.8) is 0 Å². The number of carbonyl (C=O) groups is 2. The van der Waals surface area contributed by atoms with Gasteiger partial charge < -0.3 is 19.9 Å². The van der Waals surface area contributed by atoms with Gasteiger partial charge >= 0.3 is 0 Å². The first-order valence-electron chi connectivity index (χ1n) is 8.76. The van der Waals surface area contributed by atoms with Gasteiger partial charge in [0.1, 0.15) is 5.75 Å². The number of para-hydroxylation sites is 2. The summed E-state index contributed by atoms with van der Waals surface area (Å²) in [7, 11) is 0. The number of carbonyl (C=O) groups excluding carboxylic acids is 2. The van der Waals surface area contributed by atoms with Gasteiger partial charge in [-0.1, -0.05) is 12.1 Å². The summed E-state index contributed by atoms with van der Waals surface area (Å²) in [6.45, 7) is 2.83. The van der Waals surface area contributed by atoms with E-state index in [9.17, 15) is 9.59 Å². The van der Waals surface area contributed by atoms with Crippen molar-refractivity contribution in [2.75, 3.05) is 36.4 Å². The Balaban J connectivity index is 1.34. The Bertz CT molecular complexity index is 803. The van der Waals surface area contributed by atoms with Crippen LogP contribution in [0.15, 0.2) is 48.8 Å². The van der Waals surface area contributed by atoms with Crippen molar-refractivity contribution in [2.45, 2.75) is 12.5 Å². The molecule has 1 saturated heterocycles. The van der Waals surface area contributed by atoms with Gasteiger partial charge in [0, 0.05) is 44.0 Å². The van der Waals surface area contributed by atoms with E-state index in [4.69, 9.17) is 4.74 Å². The van der Waals surface area contributed by atoms with E-state index in [1.165, 1.54) is 0 Å². The molecule has 1 aromatic carbocycles. The first-order chi connectivity index (χ1) is 12.7. The average Bonchev–Trinajstić information content (AvgIpc) is 2.69. The fourth-order valence-corrected chi connectivity index (χ4v) is 3.32. The van der Waals surface area contributed by atoms with E-state index in [0.29, 0.717) is 24.5 Å². The third kappa shape index (κ3) is 3.33. The highest BCUT2D eigenvalue weighted by Crippen LogP contribution is 2.29. The number of pyridine rings is 1. The molecule has 3 heterocycles. The summed E-state index contributed by atoms with van der Waals surface area (Å²) >= 11 is 0. The lowest BCUT2D eigenvalue weighted by Gasteiger charge is -2.36. The van der Waals surface area contributed by atoms with Crippen molar-refractivity contribution in [3.05, 3.63) is 48.8 Å². The minimum atomic E-state index is -0.778. The standard InChI is InChI=1S/C19H20N4O3/c24-18(13-17-19(25)21-15-3-1-2-4-16(15)26-17)23-11-9-22(10-12-23)14-5-7-20-8-6-14/h1-8,17H,9-13H2,(H,21,25)/p+1/t17-/m1/s1. The maximum Gasteiger partial charge on any atom is 0.266 e. The van der Waals surface area contributed by atoms with Crippen LogP contribution in [0.25, 0.3) is 0 Å². The van der Waals surface area contributed by atoms with E-state index in [0.717, 1.165) is 18.8 Å². The molecule has 1 aromatic heterocycles. The number of nitrogens with zero attached hydrogens (tertiary/aromatic N) is 2. The van der Waals surface area contributed by atoms with Crippen LogP contribution in [0.1, 0.15) is 6.42 Å². The molecule has 2 aliphatic rings. The van der Waals surface area contributed by atoms with Crippen molar-refractivity contribution in [2.24, 2.45) is 0 Å². The Kier molecular flexibility index (Phi) is 4.43. The lowest BCUT2D eigenvalue weighted by atomic mass is 10.1. The number of aromatic nitrogens is 1. The van der Waals surface area contributed by atoms with Crippen molar-refractivity contribution < 1.29 is 19.3 Å². The Morgan fingerprint density at radius 1 is 1.12 bits per heavy atom. The van der Waals surface area contributed by atoms with Crippen molar-refractivity contribution in [3.8, 4) is 5.75 Å². The molecule has 0 saturated carbocycles. The molecule has 134 valence electrons. The van der Waals surface area contributed by atoms with Gasteiger partial charge in [-0.05, 0) is 12.1 Å². The molecular weight excluding hydrogens is 332 g/mol. The quantitative estimate of drug-likeness (QED) is 0.891. The third-order valence-electron chi connectivity index (χ3n) is 4.76. The van der Waals surface area contributed by atoms with Crippen LogP contribution in [-0.2, 0) is 9.59 Å². The van der Waals surface area contributed by atoms with E-state index < -0.39 is 6.10 Å². The molecule has 0 radical (unpaired) electrons. The molecular formula is C19H21N4O3+. The van der Waals surface area contributed by atoms with Crippen molar-refractivity contribution in [1.82, 2.24) is 4.90 Å². The molecule has 2 N–H and O–H groups in total. The van der Waals surface area contributed by atoms with Crippen LogP contribution in [0.3, 0.4) is 0 Å². The zero-order valence-corrected chi connectivity index (χ0v) is 14.4. The smallest absolute Gasteiger partial charge is 0.266 e. The van der Waals surface area contributed by atoms with Crippen LogP contribution in [0.4, 0.5) is 11.4 Å². The van der Waals surface area contributed by atoms with Crippen molar-refractivity contribution >= 4 is 23.2 Å². The summed E-state index contributed by atoms with van der Waals surface area (Å²) in [5, 5.41) is 2.80. The largest absolute Gasteiger partial charge is 0.478 e. The monoisotopic (exact) mass is 353 g/mol. The van der Waals surface area contributed by atoms with Crippen LogP contribution in [-0.4, -0.2) is 49.0 Å². The molecule has 2 aliphatic heterocycles. The van der Waals surface area contributed by atoms with Gasteiger partial charge in [0.2, 0.25) is 5.91 Å². The number of hydrogen-bond acceptors (Lipinski definition) is 4. The van der Waals surface area contributed by atoms with Gasteiger partial charge in [0.15, 0.2) is 18.5 Å². The first-order valence-corrected chi connectivity index (χ1v) is 8.76. The number of H-pyrrole nitrogens is 1. The summed E-state index contributed by atoms with van der Waals surface area (Å²) in [5.41, 5.74) is 1.79. The Morgan fingerprint density at radius 2 is 1.85 bits per heavy atom. The molecule has 2 aromatic rings. The van der Waals surface area contributed by atoms with E-state index in [1.807, 2.05) is 41.6 Å². The molecule has 0 bridgehead atoms. The lowest BCUT2D eigenvalue weighted by molar-refractivity contribution is -0.377. The van der Waals surface area contributed by atoms with Crippen LogP contribution in [0.5, 0.6) is 5.75 Å². The second-order valence-corrected chi connectivity index (χ2v) is 6.42. The maximum absolute atomic E-state index is 12.6. The number of piperazine rings is 1. The minimum absolute atomic E-state index is 0.0504. The van der Waals surface area contributed by atoms with Gasteiger partial charge in [0.05, 0.1) is 12.1 Å². The van der Waals surface area contributed by atoms with Gasteiger partial charge in [-0.25, -0.2) is 4.98 Å². The fourth-order valence-electron chi connectivity index (χ4n) is 3.32. The number of benzene rings is 1. The van der Waals surface area contributed by atoms with Gasteiger partial charge in [-0.2, -0.15) is 0 Å². The minimum Gasteiger partial charge on any atom is -0.478 e. The summed E-state index contributed by atoms with van der Waals surface area (Å²) in [4.78, 5) is 31.9. The number of aromatic amines is 1. The highest BCUT2D eigenvalue weighted by atomic mass is 16.5. The van der Waals surface area contributed by atoms with Gasteiger partial charge in [0.25, 0.3) is 5.91 Å². The molecule has 2 amide bonds. The number of fused-ring (bicyclic) bond motifs is 1. The van der Waals surface area contributed by atoms with E-state index in [1.54, 1.807) is 12.1 Å². The normalized spacial score (nSPS) is 19.4. The Hall–Kier alpha value is -3.09.